The van der Waals surface area contributed by atoms with Gasteiger partial charge in [0.15, 0.2) is 0 Å². The van der Waals surface area contributed by atoms with Crippen LogP contribution in [-0.2, 0) is 7.05 Å². The van der Waals surface area contributed by atoms with Crippen LogP contribution in [0.25, 0.3) is 22.0 Å². The van der Waals surface area contributed by atoms with Crippen molar-refractivity contribution in [3.05, 3.63) is 115 Å². The lowest BCUT2D eigenvalue weighted by molar-refractivity contribution is 1.00. The zero-order valence-electron chi connectivity index (χ0n) is 16.4. The van der Waals surface area contributed by atoms with E-state index >= 15 is 0 Å². The second-order valence-corrected chi connectivity index (χ2v) is 9.27. The molecule has 0 saturated heterocycles. The molecule has 0 aliphatic heterocycles. The van der Waals surface area contributed by atoms with E-state index in [-0.39, 0.29) is 0 Å². The minimum atomic E-state index is -0.695. The molecule has 1 heterocycles. The monoisotopic (exact) mass is 391 g/mol. The minimum Gasteiger partial charge on any atom is -0.343 e. The predicted molar refractivity (Wildman–Crippen MR) is 127 cm³/mol. The highest BCUT2D eigenvalue weighted by atomic mass is 31.1. The first-order valence-electron chi connectivity index (χ1n) is 9.87. The Balaban J connectivity index is 1.88. The topological polar surface area (TPSA) is 4.93 Å². The van der Waals surface area contributed by atoms with E-state index in [9.17, 15) is 0 Å². The van der Waals surface area contributed by atoms with Crippen LogP contribution >= 0.6 is 7.92 Å². The van der Waals surface area contributed by atoms with Crippen LogP contribution in [0.4, 0.5) is 0 Å². The third kappa shape index (κ3) is 3.18. The van der Waals surface area contributed by atoms with Crippen LogP contribution in [0.1, 0.15) is 0 Å². The van der Waals surface area contributed by atoms with Crippen molar-refractivity contribution in [3.8, 4) is 11.1 Å². The molecule has 0 saturated carbocycles. The Hall–Kier alpha value is -3.15. The summed E-state index contributed by atoms with van der Waals surface area (Å²) in [5.74, 6) is 0. The third-order valence-corrected chi connectivity index (χ3v) is 7.96. The van der Waals surface area contributed by atoms with Crippen LogP contribution in [0.5, 0.6) is 0 Å². The maximum Gasteiger partial charge on any atom is 0.0589 e. The highest BCUT2D eigenvalue weighted by Crippen LogP contribution is 2.41. The molecule has 0 aliphatic rings. The number of hydrogen-bond donors (Lipinski definition) is 0. The summed E-state index contributed by atoms with van der Waals surface area (Å²) < 4.78 is 2.41. The molecule has 0 atom stereocenters. The van der Waals surface area contributed by atoms with Crippen LogP contribution < -0.4 is 16.0 Å². The van der Waals surface area contributed by atoms with Gasteiger partial charge in [-0.25, -0.2) is 0 Å². The number of benzene rings is 4. The van der Waals surface area contributed by atoms with Crippen molar-refractivity contribution < 1.29 is 0 Å². The van der Waals surface area contributed by atoms with Gasteiger partial charge in [-0.2, -0.15) is 0 Å². The van der Waals surface area contributed by atoms with E-state index in [0.29, 0.717) is 0 Å². The molecule has 1 aromatic heterocycles. The summed E-state index contributed by atoms with van der Waals surface area (Å²) in [6.07, 6.45) is 0. The van der Waals surface area contributed by atoms with Crippen molar-refractivity contribution in [1.29, 1.82) is 0 Å². The van der Waals surface area contributed by atoms with Crippen LogP contribution in [0.2, 0.25) is 0 Å². The van der Waals surface area contributed by atoms with Gasteiger partial charge < -0.3 is 4.57 Å². The average Bonchev–Trinajstić information content (AvgIpc) is 3.09. The number of hydrogen-bond acceptors (Lipinski definition) is 0. The van der Waals surface area contributed by atoms with E-state index in [1.54, 1.807) is 0 Å². The van der Waals surface area contributed by atoms with Crippen LogP contribution in [0.3, 0.4) is 0 Å². The van der Waals surface area contributed by atoms with Gasteiger partial charge in [0.1, 0.15) is 0 Å². The Bertz CT molecular complexity index is 1200. The molecule has 0 unspecified atom stereocenters. The molecule has 0 fully saturated rings. The van der Waals surface area contributed by atoms with Gasteiger partial charge in [0.05, 0.1) is 5.44 Å². The summed E-state index contributed by atoms with van der Waals surface area (Å²) >= 11 is 0. The van der Waals surface area contributed by atoms with Crippen molar-refractivity contribution in [2.24, 2.45) is 7.05 Å². The summed E-state index contributed by atoms with van der Waals surface area (Å²) in [6, 6.07) is 41.5. The van der Waals surface area contributed by atoms with Gasteiger partial charge in [-0.15, -0.1) is 0 Å². The number of para-hydroxylation sites is 1. The molecule has 29 heavy (non-hydrogen) atoms. The first-order chi connectivity index (χ1) is 14.3. The molecule has 0 N–H and O–H groups in total. The highest BCUT2D eigenvalue weighted by Gasteiger charge is 2.26. The summed E-state index contributed by atoms with van der Waals surface area (Å²) in [5.41, 5.74) is 5.30. The predicted octanol–water partition coefficient (Wildman–Crippen LogP) is 5.60. The largest absolute Gasteiger partial charge is 0.343 e. The molecule has 0 amide bonds. The Labute approximate surface area is 173 Å². The van der Waals surface area contributed by atoms with Crippen molar-refractivity contribution in [3.63, 3.8) is 0 Å². The van der Waals surface area contributed by atoms with Crippen molar-refractivity contribution >= 4 is 34.9 Å². The van der Waals surface area contributed by atoms with Gasteiger partial charge in [0.2, 0.25) is 0 Å². The van der Waals surface area contributed by atoms with E-state index in [1.165, 1.54) is 38.1 Å². The molecule has 5 rings (SSSR count). The standard InChI is InChI=1S/C27H22NP/c1-28-25-20-12-11-19-24(25)26(21-13-5-2-6-14-21)27(28)29(22-15-7-3-8-16-22)23-17-9-4-10-18-23/h2-20H,1H3. The average molecular weight is 391 g/mol. The maximum atomic E-state index is 2.41. The summed E-state index contributed by atoms with van der Waals surface area (Å²) in [6.45, 7) is 0. The lowest BCUT2D eigenvalue weighted by Crippen LogP contribution is -2.26. The van der Waals surface area contributed by atoms with E-state index in [1.807, 2.05) is 0 Å². The number of aromatic nitrogens is 1. The Morgan fingerprint density at radius 2 is 1.03 bits per heavy atom. The molecule has 0 radical (unpaired) electrons. The fourth-order valence-corrected chi connectivity index (χ4v) is 6.69. The van der Waals surface area contributed by atoms with Crippen LogP contribution in [0.15, 0.2) is 115 Å². The second kappa shape index (κ2) is 7.70. The number of nitrogens with zero attached hydrogens (tertiary/aromatic N) is 1. The SMILES string of the molecule is Cn1c(P(c2ccccc2)c2ccccc2)c(-c2ccccc2)c2ccccc21. The molecule has 2 heteroatoms. The van der Waals surface area contributed by atoms with Crippen LogP contribution in [0, 0.1) is 0 Å². The lowest BCUT2D eigenvalue weighted by Gasteiger charge is -2.22. The fourth-order valence-electron chi connectivity index (χ4n) is 4.08. The number of aryl methyl sites for hydroxylation is 1. The van der Waals surface area contributed by atoms with Gasteiger partial charge in [0, 0.05) is 31.4 Å². The summed E-state index contributed by atoms with van der Waals surface area (Å²) in [5, 5.41) is 4.06. The second-order valence-electron chi connectivity index (χ2n) is 7.15. The molecule has 1 nitrogen and oxygen atoms in total. The number of fused-ring (bicyclic) bond motifs is 1. The first-order valence-corrected chi connectivity index (χ1v) is 11.2. The Morgan fingerprint density at radius 1 is 0.552 bits per heavy atom. The third-order valence-electron chi connectivity index (χ3n) is 5.38. The molecule has 4 aromatic carbocycles. The molecule has 140 valence electrons. The molecular formula is C27H22NP. The molecule has 0 bridgehead atoms. The van der Waals surface area contributed by atoms with Gasteiger partial charge in [-0.3, -0.25) is 0 Å². The van der Waals surface area contributed by atoms with Gasteiger partial charge in [0.25, 0.3) is 0 Å². The molecular weight excluding hydrogens is 369 g/mol. The smallest absolute Gasteiger partial charge is 0.0589 e. The highest BCUT2D eigenvalue weighted by molar-refractivity contribution is 7.80. The lowest BCUT2D eigenvalue weighted by atomic mass is 10.1. The van der Waals surface area contributed by atoms with E-state index < -0.39 is 7.92 Å². The van der Waals surface area contributed by atoms with Gasteiger partial charge in [-0.05, 0) is 22.2 Å². The van der Waals surface area contributed by atoms with Crippen LogP contribution in [-0.4, -0.2) is 4.57 Å². The van der Waals surface area contributed by atoms with Gasteiger partial charge >= 0.3 is 0 Å². The van der Waals surface area contributed by atoms with E-state index in [0.717, 1.165) is 0 Å². The zero-order valence-corrected chi connectivity index (χ0v) is 17.3. The Morgan fingerprint density at radius 3 is 1.62 bits per heavy atom. The van der Waals surface area contributed by atoms with E-state index in [2.05, 4.69) is 127 Å². The first kappa shape index (κ1) is 17.9. The summed E-state index contributed by atoms with van der Waals surface area (Å²) in [7, 11) is 1.52. The molecule has 5 aromatic rings. The van der Waals surface area contributed by atoms with Gasteiger partial charge in [-0.1, -0.05) is 109 Å². The quantitative estimate of drug-likeness (QED) is 0.351. The van der Waals surface area contributed by atoms with E-state index in [4.69, 9.17) is 0 Å². The summed E-state index contributed by atoms with van der Waals surface area (Å²) in [4.78, 5) is 0. The molecule has 0 aliphatic carbocycles. The molecule has 0 spiro atoms. The van der Waals surface area contributed by atoms with Crippen molar-refractivity contribution in [1.82, 2.24) is 4.57 Å². The van der Waals surface area contributed by atoms with Crippen molar-refractivity contribution in [2.75, 3.05) is 0 Å². The Kier molecular flexibility index (Phi) is 4.76. The van der Waals surface area contributed by atoms with Crippen molar-refractivity contribution in [2.45, 2.75) is 0 Å². The fraction of sp³-hybridized carbons (Fsp3) is 0.0370. The zero-order chi connectivity index (χ0) is 19.6. The maximum absolute atomic E-state index is 2.41. The number of rotatable bonds is 4. The minimum absolute atomic E-state index is 0.695. The normalized spacial score (nSPS) is 11.2.